The van der Waals surface area contributed by atoms with Crippen molar-refractivity contribution in [3.05, 3.63) is 47.5 Å². The lowest BCUT2D eigenvalue weighted by atomic mass is 9.89. The number of hydrogen-bond acceptors (Lipinski definition) is 1. The maximum absolute atomic E-state index is 3.44. The van der Waals surface area contributed by atoms with Crippen LogP contribution < -0.4 is 5.32 Å². The average molecular weight is 239 g/mol. The summed E-state index contributed by atoms with van der Waals surface area (Å²) < 4.78 is 0. The molecule has 1 aliphatic rings. The molecule has 94 valence electrons. The van der Waals surface area contributed by atoms with Gasteiger partial charge in [0.15, 0.2) is 0 Å². The van der Waals surface area contributed by atoms with Crippen LogP contribution >= 0.6 is 0 Å². The Hall–Kier alpha value is -1.34. The van der Waals surface area contributed by atoms with Crippen molar-refractivity contribution in [3.63, 3.8) is 0 Å². The molecule has 0 aliphatic carbocycles. The van der Waals surface area contributed by atoms with Crippen LogP contribution in [-0.4, -0.2) is 13.1 Å². The van der Waals surface area contributed by atoms with Gasteiger partial charge >= 0.3 is 0 Å². The number of aryl methyl sites for hydroxylation is 1. The van der Waals surface area contributed by atoms with E-state index in [1.807, 2.05) is 0 Å². The molecule has 1 aliphatic heterocycles. The van der Waals surface area contributed by atoms with Crippen LogP contribution in [0, 0.1) is 0 Å². The molecular weight excluding hydrogens is 218 g/mol. The quantitative estimate of drug-likeness (QED) is 0.839. The zero-order valence-electron chi connectivity index (χ0n) is 11.1. The highest BCUT2D eigenvalue weighted by Gasteiger charge is 2.15. The molecule has 1 heteroatoms. The van der Waals surface area contributed by atoms with Gasteiger partial charge in [-0.05, 0) is 60.2 Å². The SMILES string of the molecule is CCc1ccc2cc(C3CCNCC3)ccc2c1. The van der Waals surface area contributed by atoms with Crippen LogP contribution in [0.15, 0.2) is 36.4 Å². The Morgan fingerprint density at radius 1 is 1.00 bits per heavy atom. The van der Waals surface area contributed by atoms with Crippen molar-refractivity contribution >= 4 is 10.8 Å². The lowest BCUT2D eigenvalue weighted by Gasteiger charge is -2.23. The van der Waals surface area contributed by atoms with Gasteiger partial charge in [-0.1, -0.05) is 43.3 Å². The Kier molecular flexibility index (Phi) is 3.33. The van der Waals surface area contributed by atoms with Gasteiger partial charge in [-0.25, -0.2) is 0 Å². The molecule has 1 nitrogen and oxygen atoms in total. The molecule has 18 heavy (non-hydrogen) atoms. The van der Waals surface area contributed by atoms with Crippen LogP contribution in [-0.2, 0) is 6.42 Å². The molecule has 0 amide bonds. The van der Waals surface area contributed by atoms with E-state index >= 15 is 0 Å². The minimum Gasteiger partial charge on any atom is -0.317 e. The third kappa shape index (κ3) is 2.28. The second-order valence-corrected chi connectivity index (χ2v) is 5.32. The van der Waals surface area contributed by atoms with E-state index in [1.54, 1.807) is 0 Å². The molecule has 2 aromatic rings. The van der Waals surface area contributed by atoms with Crippen molar-refractivity contribution in [3.8, 4) is 0 Å². The third-order valence-electron chi connectivity index (χ3n) is 4.15. The summed E-state index contributed by atoms with van der Waals surface area (Å²) in [6.07, 6.45) is 3.67. The van der Waals surface area contributed by atoms with Crippen molar-refractivity contribution in [1.29, 1.82) is 0 Å². The Bertz CT molecular complexity index is 538. The van der Waals surface area contributed by atoms with Gasteiger partial charge in [-0.3, -0.25) is 0 Å². The Labute approximate surface area is 109 Å². The summed E-state index contributed by atoms with van der Waals surface area (Å²) in [7, 11) is 0. The van der Waals surface area contributed by atoms with Crippen molar-refractivity contribution in [2.24, 2.45) is 0 Å². The van der Waals surface area contributed by atoms with Crippen LogP contribution in [0.1, 0.15) is 36.8 Å². The predicted octanol–water partition coefficient (Wildman–Crippen LogP) is 3.87. The lowest BCUT2D eigenvalue weighted by Crippen LogP contribution is -2.26. The number of nitrogens with one attached hydrogen (secondary N) is 1. The topological polar surface area (TPSA) is 12.0 Å². The zero-order valence-corrected chi connectivity index (χ0v) is 11.1. The van der Waals surface area contributed by atoms with Gasteiger partial charge < -0.3 is 5.32 Å². The first-order valence-corrected chi connectivity index (χ1v) is 7.10. The molecule has 1 N–H and O–H groups in total. The summed E-state index contributed by atoms with van der Waals surface area (Å²) in [4.78, 5) is 0. The minimum absolute atomic E-state index is 0.751. The van der Waals surface area contributed by atoms with E-state index in [4.69, 9.17) is 0 Å². The van der Waals surface area contributed by atoms with Gasteiger partial charge in [0.25, 0.3) is 0 Å². The van der Waals surface area contributed by atoms with Crippen molar-refractivity contribution in [1.82, 2.24) is 5.32 Å². The van der Waals surface area contributed by atoms with Crippen LogP contribution in [0.3, 0.4) is 0 Å². The van der Waals surface area contributed by atoms with E-state index in [-0.39, 0.29) is 0 Å². The molecule has 0 radical (unpaired) electrons. The van der Waals surface area contributed by atoms with Gasteiger partial charge in [0.1, 0.15) is 0 Å². The number of hydrogen-bond donors (Lipinski definition) is 1. The normalized spacial score (nSPS) is 17.2. The van der Waals surface area contributed by atoms with Crippen LogP contribution in [0.2, 0.25) is 0 Å². The van der Waals surface area contributed by atoms with Gasteiger partial charge in [-0.2, -0.15) is 0 Å². The first-order chi connectivity index (χ1) is 8.86. The first-order valence-electron chi connectivity index (χ1n) is 7.10. The Balaban J connectivity index is 1.95. The summed E-state index contributed by atoms with van der Waals surface area (Å²) in [5, 5.41) is 6.21. The summed E-state index contributed by atoms with van der Waals surface area (Å²) in [6, 6.07) is 13.9. The van der Waals surface area contributed by atoms with Gasteiger partial charge in [-0.15, -0.1) is 0 Å². The van der Waals surface area contributed by atoms with E-state index in [1.165, 1.54) is 34.7 Å². The first kappa shape index (κ1) is 11.7. The highest BCUT2D eigenvalue weighted by molar-refractivity contribution is 5.84. The maximum atomic E-state index is 3.44. The van der Waals surface area contributed by atoms with Crippen LogP contribution in [0.25, 0.3) is 10.8 Å². The third-order valence-corrected chi connectivity index (χ3v) is 4.15. The molecule has 0 saturated carbocycles. The monoisotopic (exact) mass is 239 g/mol. The molecule has 1 saturated heterocycles. The molecule has 0 unspecified atom stereocenters. The summed E-state index contributed by atoms with van der Waals surface area (Å²) >= 11 is 0. The second kappa shape index (κ2) is 5.11. The molecule has 3 rings (SSSR count). The van der Waals surface area contributed by atoms with Crippen molar-refractivity contribution in [2.75, 3.05) is 13.1 Å². The van der Waals surface area contributed by atoms with Crippen LogP contribution in [0.4, 0.5) is 0 Å². The molecule has 0 atom stereocenters. The fourth-order valence-corrected chi connectivity index (χ4v) is 2.94. The van der Waals surface area contributed by atoms with Gasteiger partial charge in [0.05, 0.1) is 0 Å². The molecular formula is C17H21N. The summed E-state index contributed by atoms with van der Waals surface area (Å²) in [6.45, 7) is 4.54. The Morgan fingerprint density at radius 2 is 1.72 bits per heavy atom. The molecule has 0 spiro atoms. The average Bonchev–Trinajstić information content (AvgIpc) is 2.47. The number of piperidine rings is 1. The number of rotatable bonds is 2. The lowest BCUT2D eigenvalue weighted by molar-refractivity contribution is 0.460. The fraction of sp³-hybridized carbons (Fsp3) is 0.412. The van der Waals surface area contributed by atoms with E-state index in [0.717, 1.165) is 25.4 Å². The highest BCUT2D eigenvalue weighted by Crippen LogP contribution is 2.28. The highest BCUT2D eigenvalue weighted by atomic mass is 14.9. The van der Waals surface area contributed by atoms with E-state index < -0.39 is 0 Å². The van der Waals surface area contributed by atoms with Crippen LogP contribution in [0.5, 0.6) is 0 Å². The van der Waals surface area contributed by atoms with E-state index in [0.29, 0.717) is 0 Å². The van der Waals surface area contributed by atoms with Crippen molar-refractivity contribution in [2.45, 2.75) is 32.1 Å². The van der Waals surface area contributed by atoms with E-state index in [2.05, 4.69) is 48.6 Å². The second-order valence-electron chi connectivity index (χ2n) is 5.32. The number of benzene rings is 2. The summed E-state index contributed by atoms with van der Waals surface area (Å²) in [5.41, 5.74) is 2.95. The molecule has 0 aromatic heterocycles. The standard InChI is InChI=1S/C17H21N/c1-2-13-3-4-17-12-16(6-5-15(17)11-13)14-7-9-18-10-8-14/h3-6,11-12,14,18H,2,7-10H2,1H3. The van der Waals surface area contributed by atoms with Gasteiger partial charge in [0.2, 0.25) is 0 Å². The minimum atomic E-state index is 0.751. The predicted molar refractivity (Wildman–Crippen MR) is 78.2 cm³/mol. The molecule has 1 fully saturated rings. The van der Waals surface area contributed by atoms with Crippen molar-refractivity contribution < 1.29 is 0 Å². The smallest absolute Gasteiger partial charge is 0.00431 e. The zero-order chi connectivity index (χ0) is 12.4. The number of fused-ring (bicyclic) bond motifs is 1. The Morgan fingerprint density at radius 3 is 2.50 bits per heavy atom. The van der Waals surface area contributed by atoms with Gasteiger partial charge in [0, 0.05) is 0 Å². The summed E-state index contributed by atoms with van der Waals surface area (Å²) in [5.74, 6) is 0.751. The maximum Gasteiger partial charge on any atom is -0.00431 e. The molecule has 0 bridgehead atoms. The van der Waals surface area contributed by atoms with E-state index in [9.17, 15) is 0 Å². The largest absolute Gasteiger partial charge is 0.317 e. The molecule has 1 heterocycles. The fourth-order valence-electron chi connectivity index (χ4n) is 2.94. The molecule has 2 aromatic carbocycles.